The van der Waals surface area contributed by atoms with Crippen LogP contribution in [-0.4, -0.2) is 39.7 Å². The minimum atomic E-state index is -0.124. The second kappa shape index (κ2) is 6.78. The average Bonchev–Trinajstić information content (AvgIpc) is 3.26. The quantitative estimate of drug-likeness (QED) is 0.760. The van der Waals surface area contributed by atoms with Gasteiger partial charge in [0.15, 0.2) is 0 Å². The van der Waals surface area contributed by atoms with Gasteiger partial charge in [0, 0.05) is 31.0 Å². The van der Waals surface area contributed by atoms with Gasteiger partial charge < -0.3 is 14.7 Å². The Morgan fingerprint density at radius 2 is 2.19 bits per heavy atom. The van der Waals surface area contributed by atoms with E-state index in [2.05, 4.69) is 16.8 Å². The van der Waals surface area contributed by atoms with Crippen molar-refractivity contribution in [2.24, 2.45) is 5.92 Å². The molecule has 0 bridgehead atoms. The fourth-order valence-corrected chi connectivity index (χ4v) is 3.67. The van der Waals surface area contributed by atoms with Gasteiger partial charge in [-0.3, -0.25) is 4.40 Å². The van der Waals surface area contributed by atoms with Crippen LogP contribution in [0.2, 0.25) is 5.02 Å². The molecule has 0 spiro atoms. The van der Waals surface area contributed by atoms with Gasteiger partial charge in [-0.25, -0.2) is 4.98 Å². The molecule has 1 aliphatic rings. The molecule has 1 saturated heterocycles. The van der Waals surface area contributed by atoms with Crippen LogP contribution >= 0.6 is 11.6 Å². The van der Waals surface area contributed by atoms with Gasteiger partial charge in [-0.05, 0) is 36.1 Å². The van der Waals surface area contributed by atoms with Gasteiger partial charge in [0.05, 0.1) is 24.4 Å². The van der Waals surface area contributed by atoms with Gasteiger partial charge >= 0.3 is 0 Å². The Morgan fingerprint density at radius 3 is 2.88 bits per heavy atom. The molecule has 0 radical (unpaired) electrons. The summed E-state index contributed by atoms with van der Waals surface area (Å²) in [6.07, 6.45) is 5.06. The number of hydrogen-bond acceptors (Lipinski definition) is 5. The maximum atomic E-state index is 9.72. The summed E-state index contributed by atoms with van der Waals surface area (Å²) in [4.78, 5) is 11.7. The zero-order chi connectivity index (χ0) is 18.3. The van der Waals surface area contributed by atoms with Crippen molar-refractivity contribution >= 4 is 23.2 Å². The second-order valence-corrected chi connectivity index (χ2v) is 7.17. The van der Waals surface area contributed by atoms with Crippen LogP contribution in [0.5, 0.6) is 5.75 Å². The van der Waals surface area contributed by atoms with Gasteiger partial charge in [-0.1, -0.05) is 18.5 Å². The van der Waals surface area contributed by atoms with Crippen LogP contribution < -0.4 is 9.64 Å². The number of benzene rings is 1. The van der Waals surface area contributed by atoms with E-state index < -0.39 is 0 Å². The minimum Gasteiger partial charge on any atom is -0.495 e. The van der Waals surface area contributed by atoms with Crippen molar-refractivity contribution in [3.63, 3.8) is 0 Å². The van der Waals surface area contributed by atoms with Crippen molar-refractivity contribution < 1.29 is 9.84 Å². The third-order valence-electron chi connectivity index (χ3n) is 4.88. The topological polar surface area (TPSA) is 62.9 Å². The number of rotatable bonds is 4. The number of aliphatic hydroxyl groups is 1. The molecule has 1 fully saturated rings. The predicted molar refractivity (Wildman–Crippen MR) is 102 cm³/mol. The molecule has 7 heteroatoms. The molecular weight excluding hydrogens is 352 g/mol. The molecule has 0 aliphatic carbocycles. The molecule has 0 unspecified atom stereocenters. The van der Waals surface area contributed by atoms with E-state index in [0.717, 1.165) is 30.2 Å². The number of nitrogens with zero attached hydrogens (tertiary/aromatic N) is 4. The number of ether oxygens (including phenoxy) is 1. The van der Waals surface area contributed by atoms with Crippen LogP contribution in [0.3, 0.4) is 0 Å². The Hall–Kier alpha value is -2.31. The number of hydrogen-bond donors (Lipinski definition) is 1. The van der Waals surface area contributed by atoms with Crippen LogP contribution in [0.25, 0.3) is 17.0 Å². The molecule has 1 N–H and O–H groups in total. The molecule has 6 nitrogen and oxygen atoms in total. The van der Waals surface area contributed by atoms with E-state index in [4.69, 9.17) is 21.3 Å². The molecule has 2 aromatic heterocycles. The zero-order valence-electron chi connectivity index (χ0n) is 14.8. The summed E-state index contributed by atoms with van der Waals surface area (Å²) in [5.74, 6) is 2.81. The Bertz CT molecular complexity index is 956. The first-order valence-electron chi connectivity index (χ1n) is 8.67. The number of fused-ring (bicyclic) bond motifs is 1. The highest BCUT2D eigenvalue weighted by molar-refractivity contribution is 6.32. The van der Waals surface area contributed by atoms with E-state index >= 15 is 0 Å². The number of halogens is 1. The maximum absolute atomic E-state index is 9.72. The van der Waals surface area contributed by atoms with E-state index in [1.807, 2.05) is 22.9 Å². The summed E-state index contributed by atoms with van der Waals surface area (Å²) in [6, 6.07) is 5.54. The lowest BCUT2D eigenvalue weighted by Gasteiger charge is -2.16. The summed E-state index contributed by atoms with van der Waals surface area (Å²) < 4.78 is 7.12. The first kappa shape index (κ1) is 17.1. The van der Waals surface area contributed by atoms with E-state index in [1.165, 1.54) is 6.42 Å². The zero-order valence-corrected chi connectivity index (χ0v) is 15.6. The van der Waals surface area contributed by atoms with Crippen LogP contribution in [-0.2, 0) is 6.61 Å². The summed E-state index contributed by atoms with van der Waals surface area (Å²) in [6.45, 7) is 4.19. The van der Waals surface area contributed by atoms with Gasteiger partial charge in [0.25, 0.3) is 0 Å². The van der Waals surface area contributed by atoms with Crippen LogP contribution in [0.1, 0.15) is 18.9 Å². The van der Waals surface area contributed by atoms with Gasteiger partial charge in [-0.15, -0.1) is 0 Å². The van der Waals surface area contributed by atoms with Crippen molar-refractivity contribution in [3.8, 4) is 17.0 Å². The number of aromatic nitrogens is 3. The smallest absolute Gasteiger partial charge is 0.236 e. The van der Waals surface area contributed by atoms with Crippen molar-refractivity contribution in [1.29, 1.82) is 0 Å². The van der Waals surface area contributed by atoms with E-state index in [1.54, 1.807) is 19.2 Å². The molecule has 0 amide bonds. The van der Waals surface area contributed by atoms with Gasteiger partial charge in [0.1, 0.15) is 11.6 Å². The fraction of sp³-hybridized carbons (Fsp3) is 0.368. The Labute approximate surface area is 157 Å². The first-order chi connectivity index (χ1) is 12.6. The number of imidazole rings is 1. The van der Waals surface area contributed by atoms with Crippen molar-refractivity contribution in [1.82, 2.24) is 14.4 Å². The summed E-state index contributed by atoms with van der Waals surface area (Å²) in [5, 5.41) is 10.2. The average molecular weight is 373 g/mol. The van der Waals surface area contributed by atoms with Crippen molar-refractivity contribution in [2.45, 2.75) is 20.0 Å². The van der Waals surface area contributed by atoms with Gasteiger partial charge in [0.2, 0.25) is 5.78 Å². The largest absolute Gasteiger partial charge is 0.495 e. The SMILES string of the molecule is COc1cc(CO)c(-c2cn3ccc(N4CC[C@H](C)C4)nc3n2)cc1Cl. The number of aliphatic hydroxyl groups excluding tert-OH is 1. The normalized spacial score (nSPS) is 17.2. The third-order valence-corrected chi connectivity index (χ3v) is 5.18. The lowest BCUT2D eigenvalue weighted by molar-refractivity contribution is 0.281. The molecule has 1 aliphatic heterocycles. The first-order valence-corrected chi connectivity index (χ1v) is 9.05. The molecule has 4 rings (SSSR count). The number of methoxy groups -OCH3 is 1. The molecule has 26 heavy (non-hydrogen) atoms. The molecule has 3 heterocycles. The van der Waals surface area contributed by atoms with Crippen molar-refractivity contribution in [3.05, 3.63) is 41.2 Å². The fourth-order valence-electron chi connectivity index (χ4n) is 3.43. The Morgan fingerprint density at radius 1 is 1.35 bits per heavy atom. The van der Waals surface area contributed by atoms with Crippen molar-refractivity contribution in [2.75, 3.05) is 25.1 Å². The second-order valence-electron chi connectivity index (χ2n) is 6.76. The number of anilines is 1. The van der Waals surface area contributed by atoms with Gasteiger partial charge in [-0.2, -0.15) is 4.98 Å². The predicted octanol–water partition coefficient (Wildman–Crippen LogP) is 3.40. The maximum Gasteiger partial charge on any atom is 0.236 e. The molecular formula is C19H21ClN4O2. The molecule has 0 saturated carbocycles. The molecule has 136 valence electrons. The Balaban J connectivity index is 1.75. The van der Waals surface area contributed by atoms with E-state index in [9.17, 15) is 5.11 Å². The highest BCUT2D eigenvalue weighted by atomic mass is 35.5. The molecule has 1 aromatic carbocycles. The molecule has 3 aromatic rings. The lowest BCUT2D eigenvalue weighted by atomic mass is 10.1. The highest BCUT2D eigenvalue weighted by Gasteiger charge is 2.20. The molecule has 1 atom stereocenters. The summed E-state index contributed by atoms with van der Waals surface area (Å²) in [7, 11) is 1.55. The van der Waals surface area contributed by atoms with E-state index in [-0.39, 0.29) is 6.61 Å². The monoisotopic (exact) mass is 372 g/mol. The summed E-state index contributed by atoms with van der Waals surface area (Å²) in [5.41, 5.74) is 2.21. The standard InChI is InChI=1S/C19H21ClN4O2/c1-12-3-5-23(9-12)18-4-6-24-10-16(21-19(24)22-18)14-8-15(20)17(26-2)7-13(14)11-25/h4,6-8,10,12,25H,3,5,9,11H2,1-2H3/t12-/m0/s1. The van der Waals surface area contributed by atoms with Crippen LogP contribution in [0.4, 0.5) is 5.82 Å². The lowest BCUT2D eigenvalue weighted by Crippen LogP contribution is -2.20. The highest BCUT2D eigenvalue weighted by Crippen LogP contribution is 2.34. The third kappa shape index (κ3) is 2.99. The van der Waals surface area contributed by atoms with E-state index in [0.29, 0.717) is 28.0 Å². The van der Waals surface area contributed by atoms with Crippen LogP contribution in [0.15, 0.2) is 30.6 Å². The van der Waals surface area contributed by atoms with Crippen LogP contribution in [0, 0.1) is 5.92 Å². The minimum absolute atomic E-state index is 0.124. The summed E-state index contributed by atoms with van der Waals surface area (Å²) >= 11 is 6.27. The Kier molecular flexibility index (Phi) is 4.46.